The average Bonchev–Trinajstić information content (AvgIpc) is 3.26. The molecule has 0 saturated carbocycles. The SMILES string of the molecule is COc1ccccc1CN1CC[C@@]2(C[C@@H](N3CCCC3)CCO2)C1. The van der Waals surface area contributed by atoms with Crippen LogP contribution in [0.15, 0.2) is 24.3 Å². The Labute approximate surface area is 145 Å². The van der Waals surface area contributed by atoms with E-state index in [0.29, 0.717) is 0 Å². The summed E-state index contributed by atoms with van der Waals surface area (Å²) in [6, 6.07) is 9.12. The smallest absolute Gasteiger partial charge is 0.123 e. The Balaban J connectivity index is 1.40. The highest BCUT2D eigenvalue weighted by molar-refractivity contribution is 5.33. The summed E-state index contributed by atoms with van der Waals surface area (Å²) in [7, 11) is 1.76. The lowest BCUT2D eigenvalue weighted by atomic mass is 9.89. The predicted molar refractivity (Wildman–Crippen MR) is 95.4 cm³/mol. The summed E-state index contributed by atoms with van der Waals surface area (Å²) in [5, 5.41) is 0. The van der Waals surface area contributed by atoms with Crippen molar-refractivity contribution in [3.05, 3.63) is 29.8 Å². The Hall–Kier alpha value is -1.10. The van der Waals surface area contributed by atoms with E-state index in [2.05, 4.69) is 28.0 Å². The number of para-hydroxylation sites is 1. The van der Waals surface area contributed by atoms with E-state index in [1.54, 1.807) is 7.11 Å². The van der Waals surface area contributed by atoms with E-state index in [-0.39, 0.29) is 5.60 Å². The van der Waals surface area contributed by atoms with Gasteiger partial charge in [0.2, 0.25) is 0 Å². The van der Waals surface area contributed by atoms with Gasteiger partial charge in [-0.15, -0.1) is 0 Å². The van der Waals surface area contributed by atoms with Gasteiger partial charge in [-0.1, -0.05) is 18.2 Å². The lowest BCUT2D eigenvalue weighted by Gasteiger charge is -2.41. The molecule has 4 heteroatoms. The highest BCUT2D eigenvalue weighted by Crippen LogP contribution is 2.37. The van der Waals surface area contributed by atoms with Gasteiger partial charge in [-0.05, 0) is 51.3 Å². The van der Waals surface area contributed by atoms with Crippen molar-refractivity contribution in [2.24, 2.45) is 0 Å². The van der Waals surface area contributed by atoms with Gasteiger partial charge in [-0.2, -0.15) is 0 Å². The first kappa shape index (κ1) is 16.4. The first-order valence-electron chi connectivity index (χ1n) is 9.50. The van der Waals surface area contributed by atoms with Gasteiger partial charge < -0.3 is 14.4 Å². The minimum atomic E-state index is 0.0908. The van der Waals surface area contributed by atoms with Crippen molar-refractivity contribution in [1.82, 2.24) is 9.80 Å². The van der Waals surface area contributed by atoms with Crippen LogP contribution in [0.5, 0.6) is 5.75 Å². The Morgan fingerprint density at radius 2 is 2.04 bits per heavy atom. The first-order chi connectivity index (χ1) is 11.8. The molecule has 1 aromatic carbocycles. The molecule has 0 radical (unpaired) electrons. The van der Waals surface area contributed by atoms with E-state index in [9.17, 15) is 0 Å². The van der Waals surface area contributed by atoms with Crippen LogP contribution in [0.3, 0.4) is 0 Å². The molecule has 0 unspecified atom stereocenters. The molecule has 132 valence electrons. The molecule has 4 nitrogen and oxygen atoms in total. The fourth-order valence-corrected chi connectivity index (χ4v) is 4.84. The first-order valence-corrected chi connectivity index (χ1v) is 9.50. The maximum absolute atomic E-state index is 6.34. The van der Waals surface area contributed by atoms with Crippen molar-refractivity contribution in [3.63, 3.8) is 0 Å². The van der Waals surface area contributed by atoms with Crippen molar-refractivity contribution in [3.8, 4) is 5.75 Å². The fraction of sp³-hybridized carbons (Fsp3) is 0.700. The van der Waals surface area contributed by atoms with Crippen LogP contribution in [0.1, 0.15) is 37.7 Å². The van der Waals surface area contributed by atoms with Gasteiger partial charge >= 0.3 is 0 Å². The number of ether oxygens (including phenoxy) is 2. The molecule has 0 aliphatic carbocycles. The largest absolute Gasteiger partial charge is 0.496 e. The molecule has 1 aromatic rings. The molecule has 3 aliphatic heterocycles. The summed E-state index contributed by atoms with van der Waals surface area (Å²) >= 11 is 0. The molecule has 3 saturated heterocycles. The van der Waals surface area contributed by atoms with Crippen molar-refractivity contribution < 1.29 is 9.47 Å². The zero-order valence-corrected chi connectivity index (χ0v) is 14.9. The van der Waals surface area contributed by atoms with Crippen molar-refractivity contribution >= 4 is 0 Å². The fourth-order valence-electron chi connectivity index (χ4n) is 4.84. The number of methoxy groups -OCH3 is 1. The Morgan fingerprint density at radius 1 is 1.21 bits per heavy atom. The molecule has 0 N–H and O–H groups in total. The highest BCUT2D eigenvalue weighted by atomic mass is 16.5. The van der Waals surface area contributed by atoms with Gasteiger partial charge in [0, 0.05) is 37.8 Å². The Kier molecular flexibility index (Phi) is 4.79. The summed E-state index contributed by atoms with van der Waals surface area (Å²) < 4.78 is 11.9. The van der Waals surface area contributed by atoms with E-state index in [1.165, 1.54) is 50.8 Å². The van der Waals surface area contributed by atoms with Crippen LogP contribution in [-0.2, 0) is 11.3 Å². The van der Waals surface area contributed by atoms with Crippen LogP contribution < -0.4 is 4.74 Å². The zero-order chi connectivity index (χ0) is 16.4. The van der Waals surface area contributed by atoms with Gasteiger partial charge in [0.1, 0.15) is 5.75 Å². The summed E-state index contributed by atoms with van der Waals surface area (Å²) in [5.74, 6) is 0.998. The normalized spacial score (nSPS) is 31.8. The second kappa shape index (κ2) is 7.03. The van der Waals surface area contributed by atoms with Crippen LogP contribution in [0.4, 0.5) is 0 Å². The maximum atomic E-state index is 6.34. The molecule has 0 aromatic heterocycles. The molecule has 4 rings (SSSR count). The summed E-state index contributed by atoms with van der Waals surface area (Å²) in [4.78, 5) is 5.26. The second-order valence-electron chi connectivity index (χ2n) is 7.69. The summed E-state index contributed by atoms with van der Waals surface area (Å²) in [6.07, 6.45) is 6.37. The quantitative estimate of drug-likeness (QED) is 0.847. The van der Waals surface area contributed by atoms with Crippen molar-refractivity contribution in [2.45, 2.75) is 50.3 Å². The number of nitrogens with zero attached hydrogens (tertiary/aromatic N) is 2. The summed E-state index contributed by atoms with van der Waals surface area (Å²) in [6.45, 7) is 6.69. The van der Waals surface area contributed by atoms with Crippen LogP contribution >= 0.6 is 0 Å². The van der Waals surface area contributed by atoms with E-state index in [4.69, 9.17) is 9.47 Å². The third-order valence-corrected chi connectivity index (χ3v) is 6.11. The molecular weight excluding hydrogens is 300 g/mol. The number of hydrogen-bond acceptors (Lipinski definition) is 4. The molecule has 3 fully saturated rings. The second-order valence-corrected chi connectivity index (χ2v) is 7.69. The van der Waals surface area contributed by atoms with Crippen molar-refractivity contribution in [1.29, 1.82) is 0 Å². The topological polar surface area (TPSA) is 24.9 Å². The molecule has 24 heavy (non-hydrogen) atoms. The standard InChI is InChI=1S/C20H30N2O2/c1-23-19-7-3-2-6-17(19)15-21-12-9-20(16-21)14-18(8-13-24-20)22-10-4-5-11-22/h2-3,6-7,18H,4-5,8-16H2,1H3/t18-,20+/m0/s1. The maximum Gasteiger partial charge on any atom is 0.123 e. The van der Waals surface area contributed by atoms with Gasteiger partial charge in [0.05, 0.1) is 12.7 Å². The molecule has 0 amide bonds. The van der Waals surface area contributed by atoms with Crippen LogP contribution in [0.25, 0.3) is 0 Å². The molecule has 1 spiro atoms. The predicted octanol–water partition coefficient (Wildman–Crippen LogP) is 2.91. The number of likely N-dealkylation sites (tertiary alicyclic amines) is 2. The van der Waals surface area contributed by atoms with Crippen LogP contribution in [0, 0.1) is 0 Å². The summed E-state index contributed by atoms with van der Waals surface area (Å²) in [5.41, 5.74) is 1.37. The lowest BCUT2D eigenvalue weighted by molar-refractivity contribution is -0.0961. The van der Waals surface area contributed by atoms with Crippen LogP contribution in [-0.4, -0.2) is 61.3 Å². The lowest BCUT2D eigenvalue weighted by Crippen LogP contribution is -2.49. The average molecular weight is 330 g/mol. The molecule has 0 bridgehead atoms. The highest BCUT2D eigenvalue weighted by Gasteiger charge is 2.44. The number of rotatable bonds is 4. The number of hydrogen-bond donors (Lipinski definition) is 0. The van der Waals surface area contributed by atoms with E-state index in [0.717, 1.165) is 38.0 Å². The van der Waals surface area contributed by atoms with E-state index >= 15 is 0 Å². The van der Waals surface area contributed by atoms with Crippen molar-refractivity contribution in [2.75, 3.05) is 39.9 Å². The molecule has 3 aliphatic rings. The van der Waals surface area contributed by atoms with Gasteiger partial charge in [-0.3, -0.25) is 4.90 Å². The monoisotopic (exact) mass is 330 g/mol. The third kappa shape index (κ3) is 3.32. The van der Waals surface area contributed by atoms with E-state index < -0.39 is 0 Å². The molecule has 2 atom stereocenters. The van der Waals surface area contributed by atoms with Gasteiger partial charge in [-0.25, -0.2) is 0 Å². The van der Waals surface area contributed by atoms with Gasteiger partial charge in [0.25, 0.3) is 0 Å². The van der Waals surface area contributed by atoms with E-state index in [1.807, 2.05) is 6.07 Å². The van der Waals surface area contributed by atoms with Gasteiger partial charge in [0.15, 0.2) is 0 Å². The third-order valence-electron chi connectivity index (χ3n) is 6.11. The molecular formula is C20H30N2O2. The minimum absolute atomic E-state index is 0.0908. The number of benzene rings is 1. The Morgan fingerprint density at radius 3 is 2.88 bits per heavy atom. The Bertz CT molecular complexity index is 558. The minimum Gasteiger partial charge on any atom is -0.496 e. The molecule has 3 heterocycles. The zero-order valence-electron chi connectivity index (χ0n) is 14.9. The van der Waals surface area contributed by atoms with Crippen LogP contribution in [0.2, 0.25) is 0 Å².